The number of nitriles is 1. The van der Waals surface area contributed by atoms with Crippen molar-refractivity contribution in [1.82, 2.24) is 4.90 Å². The van der Waals surface area contributed by atoms with Gasteiger partial charge < -0.3 is 5.11 Å². The lowest BCUT2D eigenvalue weighted by Gasteiger charge is -2.12. The largest absolute Gasteiger partial charge is 0.507 e. The van der Waals surface area contributed by atoms with Gasteiger partial charge in [-0.15, -0.1) is 0 Å². The first-order valence-corrected chi connectivity index (χ1v) is 8.65. The highest BCUT2D eigenvalue weighted by Gasteiger charge is 2.36. The molecule has 1 saturated heterocycles. The number of hydrogen-bond donors (Lipinski definition) is 1. The summed E-state index contributed by atoms with van der Waals surface area (Å²) in [5.41, 5.74) is -0.121. The number of halogens is 3. The highest BCUT2D eigenvalue weighted by molar-refractivity contribution is 8.18. The average Bonchev–Trinajstić information content (AvgIpc) is 2.90. The quantitative estimate of drug-likeness (QED) is 0.761. The van der Waals surface area contributed by atoms with Gasteiger partial charge in [0.05, 0.1) is 28.6 Å². The van der Waals surface area contributed by atoms with Crippen LogP contribution in [0.25, 0.3) is 6.08 Å². The number of thioether (sulfide) groups is 1. The number of hydrogen-bond acceptors (Lipinski definition) is 5. The number of alkyl halides is 3. The number of aromatic hydroxyl groups is 1. The van der Waals surface area contributed by atoms with E-state index in [4.69, 9.17) is 5.26 Å². The van der Waals surface area contributed by atoms with E-state index in [-0.39, 0.29) is 17.0 Å². The van der Waals surface area contributed by atoms with Crippen molar-refractivity contribution in [1.29, 1.82) is 5.26 Å². The Morgan fingerprint density at radius 3 is 2.43 bits per heavy atom. The Morgan fingerprint density at radius 1 is 1.14 bits per heavy atom. The maximum absolute atomic E-state index is 12.9. The molecule has 0 atom stereocenters. The number of imide groups is 1. The summed E-state index contributed by atoms with van der Waals surface area (Å²) in [6.07, 6.45) is -3.57. The smallest absolute Gasteiger partial charge is 0.419 e. The van der Waals surface area contributed by atoms with Gasteiger partial charge in [-0.3, -0.25) is 14.5 Å². The molecule has 2 aromatic rings. The lowest BCUT2D eigenvalue weighted by Crippen LogP contribution is -2.27. The van der Waals surface area contributed by atoms with Gasteiger partial charge in [0, 0.05) is 0 Å². The van der Waals surface area contributed by atoms with Crippen molar-refractivity contribution in [3.05, 3.63) is 69.6 Å². The molecule has 0 radical (unpaired) electrons. The maximum atomic E-state index is 12.9. The fourth-order valence-corrected chi connectivity index (χ4v) is 3.36. The summed E-state index contributed by atoms with van der Waals surface area (Å²) in [5, 5.41) is 17.6. The summed E-state index contributed by atoms with van der Waals surface area (Å²) >= 11 is 0.624. The zero-order valence-electron chi connectivity index (χ0n) is 14.0. The van der Waals surface area contributed by atoms with Gasteiger partial charge in [-0.25, -0.2) is 0 Å². The Bertz CT molecular complexity index is 1020. The van der Waals surface area contributed by atoms with E-state index in [1.54, 1.807) is 24.3 Å². The van der Waals surface area contributed by atoms with Gasteiger partial charge in [0.2, 0.25) is 0 Å². The molecule has 0 bridgehead atoms. The first-order chi connectivity index (χ1) is 13.2. The maximum Gasteiger partial charge on any atom is 0.419 e. The van der Waals surface area contributed by atoms with Gasteiger partial charge in [0.25, 0.3) is 11.1 Å². The zero-order chi connectivity index (χ0) is 20.5. The van der Waals surface area contributed by atoms with E-state index < -0.39 is 28.6 Å². The predicted molar refractivity (Wildman–Crippen MR) is 95.8 cm³/mol. The monoisotopic (exact) mass is 404 g/mol. The molecule has 1 aliphatic rings. The Morgan fingerprint density at radius 2 is 1.82 bits per heavy atom. The number of rotatable bonds is 3. The summed E-state index contributed by atoms with van der Waals surface area (Å²) in [4.78, 5) is 25.6. The molecule has 3 rings (SSSR count). The molecule has 1 aliphatic heterocycles. The van der Waals surface area contributed by atoms with Crippen LogP contribution in [0.15, 0.2) is 47.4 Å². The second kappa shape index (κ2) is 7.40. The molecule has 1 fully saturated rings. The number of phenols is 1. The second-order valence-corrected chi connectivity index (χ2v) is 6.84. The normalized spacial score (nSPS) is 15.9. The van der Waals surface area contributed by atoms with E-state index in [2.05, 4.69) is 0 Å². The molecule has 5 nitrogen and oxygen atoms in total. The Hall–Kier alpha value is -3.25. The van der Waals surface area contributed by atoms with Crippen molar-refractivity contribution in [2.75, 3.05) is 0 Å². The fraction of sp³-hybridized carbons (Fsp3) is 0.105. The van der Waals surface area contributed by atoms with E-state index >= 15 is 0 Å². The number of nitrogens with zero attached hydrogens (tertiary/aromatic N) is 2. The summed E-state index contributed by atoms with van der Waals surface area (Å²) in [6, 6.07) is 11.1. The molecule has 0 spiro atoms. The third-order valence-corrected chi connectivity index (χ3v) is 4.83. The summed E-state index contributed by atoms with van der Waals surface area (Å²) in [6.45, 7) is -0.0168. The van der Waals surface area contributed by atoms with Crippen LogP contribution in [0.1, 0.15) is 22.3 Å². The fourth-order valence-electron chi connectivity index (χ4n) is 2.53. The van der Waals surface area contributed by atoms with E-state index in [0.29, 0.717) is 29.0 Å². The molecule has 9 heteroatoms. The zero-order valence-corrected chi connectivity index (χ0v) is 14.8. The van der Waals surface area contributed by atoms with Crippen LogP contribution >= 0.6 is 11.8 Å². The molecule has 2 aromatic carbocycles. The lowest BCUT2D eigenvalue weighted by molar-refractivity contribution is -0.138. The summed E-state index contributed by atoms with van der Waals surface area (Å²) in [7, 11) is 0. The Kier molecular flexibility index (Phi) is 5.16. The van der Waals surface area contributed by atoms with E-state index in [9.17, 15) is 27.9 Å². The van der Waals surface area contributed by atoms with Crippen molar-refractivity contribution in [2.45, 2.75) is 12.7 Å². The van der Waals surface area contributed by atoms with Crippen LogP contribution in [0.5, 0.6) is 5.75 Å². The number of carbonyl (C=O) groups is 2. The SMILES string of the molecule is N#Cc1ccc(CN2C(=O)S/C(=C\c3ccc(O)c(C(F)(F)F)c3)C2=O)cc1. The van der Waals surface area contributed by atoms with Crippen LogP contribution in [0.2, 0.25) is 0 Å². The van der Waals surface area contributed by atoms with Gasteiger partial charge >= 0.3 is 6.18 Å². The molecular weight excluding hydrogens is 393 g/mol. The molecule has 1 N–H and O–H groups in total. The van der Waals surface area contributed by atoms with E-state index in [1.165, 1.54) is 12.1 Å². The minimum atomic E-state index is -4.75. The van der Waals surface area contributed by atoms with Gasteiger partial charge in [0.15, 0.2) is 0 Å². The van der Waals surface area contributed by atoms with Crippen molar-refractivity contribution in [3.63, 3.8) is 0 Å². The number of phenolic OH excluding ortho intramolecular Hbond substituents is 1. The molecule has 28 heavy (non-hydrogen) atoms. The van der Waals surface area contributed by atoms with Crippen LogP contribution in [-0.4, -0.2) is 21.2 Å². The van der Waals surface area contributed by atoms with Crippen molar-refractivity contribution in [3.8, 4) is 11.8 Å². The van der Waals surface area contributed by atoms with Crippen molar-refractivity contribution in [2.24, 2.45) is 0 Å². The molecule has 1 heterocycles. The molecular formula is C19H11F3N2O3S. The van der Waals surface area contributed by atoms with Crippen molar-refractivity contribution >= 4 is 29.0 Å². The molecule has 0 unspecified atom stereocenters. The number of carbonyl (C=O) groups excluding carboxylic acids is 2. The average molecular weight is 404 g/mol. The minimum absolute atomic E-state index is 0.0162. The van der Waals surface area contributed by atoms with Crippen LogP contribution in [-0.2, 0) is 17.5 Å². The van der Waals surface area contributed by atoms with Gasteiger partial charge in [-0.05, 0) is 53.2 Å². The highest BCUT2D eigenvalue weighted by Crippen LogP contribution is 2.38. The van der Waals surface area contributed by atoms with E-state index in [1.807, 2.05) is 6.07 Å². The highest BCUT2D eigenvalue weighted by atomic mass is 32.2. The molecule has 0 saturated carbocycles. The van der Waals surface area contributed by atoms with Crippen LogP contribution in [0, 0.1) is 11.3 Å². The third-order valence-electron chi connectivity index (χ3n) is 3.92. The van der Waals surface area contributed by atoms with Gasteiger partial charge in [-0.1, -0.05) is 18.2 Å². The topological polar surface area (TPSA) is 81.4 Å². The lowest BCUT2D eigenvalue weighted by atomic mass is 10.1. The van der Waals surface area contributed by atoms with Crippen LogP contribution in [0.4, 0.5) is 18.0 Å². The molecule has 0 aromatic heterocycles. The second-order valence-electron chi connectivity index (χ2n) is 5.85. The summed E-state index contributed by atoms with van der Waals surface area (Å²) < 4.78 is 38.7. The van der Waals surface area contributed by atoms with Crippen LogP contribution in [0.3, 0.4) is 0 Å². The standard InChI is InChI=1S/C19H11F3N2O3S/c20-19(21,22)14-7-13(5-6-15(14)25)8-16-17(26)24(18(27)28-16)10-12-3-1-11(9-23)2-4-12/h1-8,25H,10H2/b16-8-. The first kappa shape index (κ1) is 19.5. The predicted octanol–water partition coefficient (Wildman–Crippen LogP) is 4.52. The van der Waals surface area contributed by atoms with Gasteiger partial charge in [0.1, 0.15) is 5.75 Å². The van der Waals surface area contributed by atoms with E-state index in [0.717, 1.165) is 11.0 Å². The number of benzene rings is 2. The molecule has 0 aliphatic carbocycles. The first-order valence-electron chi connectivity index (χ1n) is 7.83. The Labute approximate surface area is 161 Å². The van der Waals surface area contributed by atoms with Crippen molar-refractivity contribution < 1.29 is 27.9 Å². The summed E-state index contributed by atoms with van der Waals surface area (Å²) in [5.74, 6) is -1.54. The van der Waals surface area contributed by atoms with Gasteiger partial charge in [-0.2, -0.15) is 18.4 Å². The number of amides is 2. The molecule has 142 valence electrons. The van der Waals surface area contributed by atoms with Crippen LogP contribution < -0.4 is 0 Å². The minimum Gasteiger partial charge on any atom is -0.507 e. The third kappa shape index (κ3) is 4.02. The molecule has 2 amide bonds. The Balaban J connectivity index is 1.84.